The van der Waals surface area contributed by atoms with Gasteiger partial charge in [0.1, 0.15) is 23.2 Å². The number of hydrogen-bond donors (Lipinski definition) is 6. The summed E-state index contributed by atoms with van der Waals surface area (Å²) in [7, 11) is 0. The van der Waals surface area contributed by atoms with Gasteiger partial charge < -0.3 is 36.8 Å². The molecular formula is C33H40N8O8. The molecule has 3 atom stereocenters. The second-order valence-electron chi connectivity index (χ2n) is 13.1. The third kappa shape index (κ3) is 7.53. The van der Waals surface area contributed by atoms with Crippen LogP contribution in [0.15, 0.2) is 48.7 Å². The topological polar surface area (TPSA) is 239 Å². The zero-order chi connectivity index (χ0) is 35.5. The van der Waals surface area contributed by atoms with Crippen molar-refractivity contribution < 1.29 is 39.0 Å². The predicted molar refractivity (Wildman–Crippen MR) is 174 cm³/mol. The van der Waals surface area contributed by atoms with Crippen molar-refractivity contribution in [2.75, 3.05) is 13.1 Å². The van der Waals surface area contributed by atoms with Crippen LogP contribution in [0.1, 0.15) is 74.5 Å². The monoisotopic (exact) mass is 676 g/mol. The number of likely N-dealkylation sites (tertiary alicyclic amines) is 1. The molecule has 5 amide bonds. The molecule has 3 aromatic rings. The molecule has 1 saturated carbocycles. The zero-order valence-electron chi connectivity index (χ0n) is 27.2. The fourth-order valence-corrected chi connectivity index (χ4v) is 6.72. The van der Waals surface area contributed by atoms with E-state index in [9.17, 15) is 39.0 Å². The Bertz CT molecular complexity index is 1780. The average molecular weight is 677 g/mol. The quantitative estimate of drug-likeness (QED) is 0.156. The van der Waals surface area contributed by atoms with E-state index in [-0.39, 0.29) is 31.4 Å². The summed E-state index contributed by atoms with van der Waals surface area (Å²) < 4.78 is 1.41. The molecule has 1 unspecified atom stereocenters. The molecule has 260 valence electrons. The fourth-order valence-electron chi connectivity index (χ4n) is 6.72. The van der Waals surface area contributed by atoms with Crippen LogP contribution in [-0.2, 0) is 24.8 Å². The summed E-state index contributed by atoms with van der Waals surface area (Å²) in [6.07, 6.45) is 2.18. The van der Waals surface area contributed by atoms with Gasteiger partial charge in [-0.3, -0.25) is 24.0 Å². The molecule has 49 heavy (non-hydrogen) atoms. The molecule has 2 fully saturated rings. The van der Waals surface area contributed by atoms with Crippen molar-refractivity contribution in [1.29, 1.82) is 0 Å². The molecule has 7 N–H and O–H groups in total. The maximum atomic E-state index is 14.3. The van der Waals surface area contributed by atoms with E-state index in [0.29, 0.717) is 18.5 Å². The fraction of sp³-hybridized carbons (Fsp3) is 0.455. The summed E-state index contributed by atoms with van der Waals surface area (Å²) in [4.78, 5) is 79.7. The maximum Gasteiger partial charge on any atom is 0.404 e. The second kappa shape index (κ2) is 14.0. The van der Waals surface area contributed by atoms with Crippen molar-refractivity contribution in [1.82, 2.24) is 35.8 Å². The molecule has 2 heterocycles. The second-order valence-corrected chi connectivity index (χ2v) is 13.1. The van der Waals surface area contributed by atoms with Gasteiger partial charge in [-0.05, 0) is 49.6 Å². The number of hydrogen-bond acceptors (Lipinski definition) is 9. The lowest BCUT2D eigenvalue weighted by molar-refractivity contribution is -0.145. The van der Waals surface area contributed by atoms with Gasteiger partial charge >= 0.3 is 6.09 Å². The van der Waals surface area contributed by atoms with E-state index < -0.39 is 71.3 Å². The van der Waals surface area contributed by atoms with Gasteiger partial charge in [-0.1, -0.05) is 54.8 Å². The number of nitrogens with one attached hydrogen (secondary N) is 3. The Balaban J connectivity index is 1.48. The highest BCUT2D eigenvalue weighted by Crippen LogP contribution is 2.34. The third-order valence-corrected chi connectivity index (χ3v) is 9.21. The highest BCUT2D eigenvalue weighted by atomic mass is 16.4. The van der Waals surface area contributed by atoms with Gasteiger partial charge in [-0.25, -0.2) is 9.48 Å². The number of aromatic nitrogens is 3. The van der Waals surface area contributed by atoms with Gasteiger partial charge in [0.15, 0.2) is 0 Å². The van der Waals surface area contributed by atoms with Gasteiger partial charge in [0.25, 0.3) is 11.8 Å². The SMILES string of the molecule is CC(C)(O)c1cnnn1[C@H]1C[C@@H](C(=O)NC2(C(=O)C(N)=O)CCCCC2)N(C(=O)C(CNC(=O)O)NC(=O)c2ccc3ccccc3c2)C1. The summed E-state index contributed by atoms with van der Waals surface area (Å²) in [6, 6.07) is 8.93. The van der Waals surface area contributed by atoms with Crippen LogP contribution in [0.3, 0.4) is 0 Å². The Morgan fingerprint density at radius 2 is 1.73 bits per heavy atom. The number of fused-ring (bicyclic) bond motifs is 1. The Kier molecular flexibility index (Phi) is 9.98. The van der Waals surface area contributed by atoms with Crippen LogP contribution in [0.4, 0.5) is 4.79 Å². The van der Waals surface area contributed by atoms with Gasteiger partial charge in [-0.2, -0.15) is 0 Å². The lowest BCUT2D eigenvalue weighted by atomic mass is 9.78. The summed E-state index contributed by atoms with van der Waals surface area (Å²) in [6.45, 7) is 2.39. The smallest absolute Gasteiger partial charge is 0.404 e. The lowest BCUT2D eigenvalue weighted by Crippen LogP contribution is -2.63. The van der Waals surface area contributed by atoms with Crippen molar-refractivity contribution in [3.05, 3.63) is 59.9 Å². The molecular weight excluding hydrogens is 636 g/mol. The largest absolute Gasteiger partial charge is 0.465 e. The van der Waals surface area contributed by atoms with E-state index in [4.69, 9.17) is 5.73 Å². The van der Waals surface area contributed by atoms with Gasteiger partial charge in [0, 0.05) is 18.5 Å². The van der Waals surface area contributed by atoms with E-state index in [1.165, 1.54) is 29.6 Å². The van der Waals surface area contributed by atoms with Crippen molar-refractivity contribution in [3.63, 3.8) is 0 Å². The van der Waals surface area contributed by atoms with E-state index in [1.54, 1.807) is 18.2 Å². The molecule has 0 radical (unpaired) electrons. The number of carbonyl (C=O) groups excluding carboxylic acids is 5. The number of benzene rings is 2. The summed E-state index contributed by atoms with van der Waals surface area (Å²) in [5.74, 6) is -4.29. The van der Waals surface area contributed by atoms with Crippen molar-refractivity contribution in [2.24, 2.45) is 5.73 Å². The van der Waals surface area contributed by atoms with E-state index in [0.717, 1.165) is 17.2 Å². The summed E-state index contributed by atoms with van der Waals surface area (Å²) in [5, 5.41) is 37.3. The van der Waals surface area contributed by atoms with Crippen LogP contribution in [-0.4, -0.2) is 96.3 Å². The molecule has 2 aliphatic rings. The molecule has 1 aliphatic carbocycles. The Labute approximate surface area is 281 Å². The number of carboxylic acid groups (broad SMARTS) is 1. The first-order valence-electron chi connectivity index (χ1n) is 16.1. The van der Waals surface area contributed by atoms with Crippen LogP contribution in [0.2, 0.25) is 0 Å². The molecule has 0 spiro atoms. The standard InChI is InChI=1S/C33H40N8O8/c1-32(2,49)25-17-36-39-41(25)22-15-24(29(45)38-33(26(42)27(34)43)12-6-3-7-13-33)40(18-22)30(46)23(16-35-31(47)48)37-28(44)21-11-10-19-8-4-5-9-20(19)14-21/h4-5,8-11,14,17,22-24,35,49H,3,6-7,12-13,15-16,18H2,1-2H3,(H2,34,43)(H,37,44)(H,38,45)(H,47,48)/t22-,23?,24-/m0/s1. The first-order valence-corrected chi connectivity index (χ1v) is 16.1. The van der Waals surface area contributed by atoms with Crippen LogP contribution < -0.4 is 21.7 Å². The van der Waals surface area contributed by atoms with Crippen LogP contribution in [0.5, 0.6) is 0 Å². The highest BCUT2D eigenvalue weighted by molar-refractivity contribution is 6.39. The van der Waals surface area contributed by atoms with E-state index in [1.807, 2.05) is 24.3 Å². The van der Waals surface area contributed by atoms with Gasteiger partial charge in [-0.15, -0.1) is 5.10 Å². The average Bonchev–Trinajstić information content (AvgIpc) is 3.74. The summed E-state index contributed by atoms with van der Waals surface area (Å²) in [5.41, 5.74) is 2.98. The number of carbonyl (C=O) groups is 6. The Morgan fingerprint density at radius 3 is 2.39 bits per heavy atom. The van der Waals surface area contributed by atoms with E-state index >= 15 is 0 Å². The Morgan fingerprint density at radius 1 is 1.04 bits per heavy atom. The number of ketones is 1. The van der Waals surface area contributed by atoms with Crippen molar-refractivity contribution in [2.45, 2.75) is 81.6 Å². The molecule has 1 aliphatic heterocycles. The molecule has 1 aromatic heterocycles. The number of amides is 5. The van der Waals surface area contributed by atoms with Crippen LogP contribution in [0, 0.1) is 0 Å². The molecule has 16 nitrogen and oxygen atoms in total. The predicted octanol–water partition coefficient (Wildman–Crippen LogP) is 0.740. The number of aliphatic hydroxyl groups is 1. The first-order chi connectivity index (χ1) is 23.2. The number of rotatable bonds is 11. The van der Waals surface area contributed by atoms with Gasteiger partial charge in [0.05, 0.1) is 24.5 Å². The molecule has 2 aromatic carbocycles. The molecule has 16 heteroatoms. The maximum absolute atomic E-state index is 14.3. The molecule has 0 bridgehead atoms. The minimum absolute atomic E-state index is 0.0391. The normalized spacial score (nSPS) is 19.5. The van der Waals surface area contributed by atoms with E-state index in [2.05, 4.69) is 26.3 Å². The number of Topliss-reactive ketones (excluding diaryl/α,β-unsaturated/α-hetero) is 1. The molecule has 5 rings (SSSR count). The number of nitrogens with two attached hydrogens (primary N) is 1. The highest BCUT2D eigenvalue weighted by Gasteiger charge is 2.49. The minimum Gasteiger partial charge on any atom is -0.465 e. The minimum atomic E-state index is -1.55. The van der Waals surface area contributed by atoms with Crippen LogP contribution in [0.25, 0.3) is 10.8 Å². The first kappa shape index (κ1) is 34.9. The van der Waals surface area contributed by atoms with Crippen molar-refractivity contribution >= 4 is 46.3 Å². The third-order valence-electron chi connectivity index (χ3n) is 9.21. The molecule has 1 saturated heterocycles. The zero-order valence-corrected chi connectivity index (χ0v) is 27.2. The van der Waals surface area contributed by atoms with Crippen LogP contribution >= 0.6 is 0 Å². The summed E-state index contributed by atoms with van der Waals surface area (Å²) >= 11 is 0. The number of nitrogens with zero attached hydrogens (tertiary/aromatic N) is 4. The van der Waals surface area contributed by atoms with Gasteiger partial charge in [0.2, 0.25) is 17.6 Å². The Hall–Kier alpha value is -5.38. The lowest BCUT2D eigenvalue weighted by Gasteiger charge is -2.37. The number of primary amides is 1. The van der Waals surface area contributed by atoms with Crippen molar-refractivity contribution in [3.8, 4) is 0 Å².